The third-order valence-electron chi connectivity index (χ3n) is 5.26. The summed E-state index contributed by atoms with van der Waals surface area (Å²) < 4.78 is 1.56. The number of aliphatic imine (C=N–C) groups is 1. The van der Waals surface area contributed by atoms with Gasteiger partial charge in [0, 0.05) is 25.0 Å². The van der Waals surface area contributed by atoms with Crippen molar-refractivity contribution >= 4 is 29.8 Å². The number of H-pyrrole nitrogens is 1. The Morgan fingerprint density at radius 1 is 1.10 bits per heavy atom. The van der Waals surface area contributed by atoms with E-state index in [-0.39, 0.29) is 16.2 Å². The van der Waals surface area contributed by atoms with Crippen LogP contribution in [0.5, 0.6) is 5.88 Å². The van der Waals surface area contributed by atoms with Gasteiger partial charge in [-0.3, -0.25) is 19.3 Å². The van der Waals surface area contributed by atoms with Crippen LogP contribution in [-0.4, -0.2) is 34.0 Å². The highest BCUT2D eigenvalue weighted by molar-refractivity contribution is 7.71. The molecular weight excluding hydrogens is 408 g/mol. The van der Waals surface area contributed by atoms with Gasteiger partial charge in [0.25, 0.3) is 5.56 Å². The van der Waals surface area contributed by atoms with E-state index in [1.54, 1.807) is 0 Å². The fourth-order valence-corrected chi connectivity index (χ4v) is 3.66. The van der Waals surface area contributed by atoms with Gasteiger partial charge in [0.1, 0.15) is 5.56 Å². The molecular formula is C24H28N4O2S. The lowest BCUT2D eigenvalue weighted by Gasteiger charge is -2.20. The van der Waals surface area contributed by atoms with Crippen LogP contribution in [0.25, 0.3) is 5.69 Å². The molecule has 0 aliphatic rings. The lowest BCUT2D eigenvalue weighted by atomic mass is 10.0. The third kappa shape index (κ3) is 4.94. The Bertz CT molecular complexity index is 1170. The van der Waals surface area contributed by atoms with Crippen LogP contribution < -0.4 is 10.5 Å². The van der Waals surface area contributed by atoms with Gasteiger partial charge in [-0.05, 0) is 73.9 Å². The monoisotopic (exact) mass is 436 g/mol. The van der Waals surface area contributed by atoms with Gasteiger partial charge in [0.05, 0.1) is 11.4 Å². The molecule has 0 radical (unpaired) electrons. The largest absolute Gasteiger partial charge is 0.494 e. The molecule has 7 heteroatoms. The van der Waals surface area contributed by atoms with E-state index in [0.717, 1.165) is 18.8 Å². The number of aromatic nitrogens is 2. The second-order valence-electron chi connectivity index (χ2n) is 7.53. The van der Waals surface area contributed by atoms with Crippen molar-refractivity contribution in [2.45, 2.75) is 33.6 Å². The zero-order valence-electron chi connectivity index (χ0n) is 18.3. The lowest BCUT2D eigenvalue weighted by Crippen LogP contribution is -2.21. The Balaban J connectivity index is 1.96. The Labute approximate surface area is 187 Å². The van der Waals surface area contributed by atoms with Gasteiger partial charge in [0.2, 0.25) is 5.88 Å². The number of anilines is 1. The van der Waals surface area contributed by atoms with E-state index >= 15 is 0 Å². The van der Waals surface area contributed by atoms with Gasteiger partial charge in [-0.25, -0.2) is 0 Å². The van der Waals surface area contributed by atoms with Crippen LogP contribution in [-0.2, 0) is 0 Å². The highest BCUT2D eigenvalue weighted by Gasteiger charge is 2.13. The summed E-state index contributed by atoms with van der Waals surface area (Å²) in [6.45, 7) is 10.3. The van der Waals surface area contributed by atoms with Crippen molar-refractivity contribution < 1.29 is 5.11 Å². The van der Waals surface area contributed by atoms with Crippen LogP contribution in [0.1, 0.15) is 44.7 Å². The molecule has 0 saturated heterocycles. The van der Waals surface area contributed by atoms with Gasteiger partial charge < -0.3 is 10.0 Å². The van der Waals surface area contributed by atoms with E-state index < -0.39 is 5.56 Å². The van der Waals surface area contributed by atoms with Crippen LogP contribution in [0.2, 0.25) is 0 Å². The lowest BCUT2D eigenvalue weighted by molar-refractivity contribution is 0.432. The van der Waals surface area contributed by atoms with Crippen molar-refractivity contribution in [2.75, 3.05) is 18.0 Å². The first-order valence-electron chi connectivity index (χ1n) is 10.4. The smallest absolute Gasteiger partial charge is 0.264 e. The maximum absolute atomic E-state index is 12.4. The third-order valence-corrected chi connectivity index (χ3v) is 5.54. The summed E-state index contributed by atoms with van der Waals surface area (Å²) in [6, 6.07) is 15.5. The van der Waals surface area contributed by atoms with E-state index in [1.807, 2.05) is 48.5 Å². The highest BCUT2D eigenvalue weighted by atomic mass is 32.1. The fraction of sp³-hybridized carbons (Fsp3) is 0.292. The van der Waals surface area contributed by atoms with Crippen molar-refractivity contribution in [3.63, 3.8) is 0 Å². The predicted molar refractivity (Wildman–Crippen MR) is 130 cm³/mol. The minimum absolute atomic E-state index is 0.0503. The zero-order valence-corrected chi connectivity index (χ0v) is 19.1. The number of hydrogen-bond acceptors (Lipinski definition) is 5. The van der Waals surface area contributed by atoms with Gasteiger partial charge in [-0.1, -0.05) is 26.0 Å². The molecule has 1 aromatic heterocycles. The number of hydrogen-bond donors (Lipinski definition) is 2. The number of benzene rings is 2. The van der Waals surface area contributed by atoms with Crippen molar-refractivity contribution in [3.8, 4) is 11.6 Å². The number of nitrogens with zero attached hydrogens (tertiary/aromatic N) is 3. The maximum Gasteiger partial charge on any atom is 0.264 e. The van der Waals surface area contributed by atoms with Crippen molar-refractivity contribution in [1.29, 1.82) is 0 Å². The van der Waals surface area contributed by atoms with Crippen molar-refractivity contribution in [2.24, 2.45) is 4.99 Å². The highest BCUT2D eigenvalue weighted by Crippen LogP contribution is 2.23. The predicted octanol–water partition coefficient (Wildman–Crippen LogP) is 5.32. The normalized spacial score (nSPS) is 11.4. The molecule has 2 N–H and O–H groups in total. The van der Waals surface area contributed by atoms with Crippen LogP contribution in [0, 0.1) is 4.77 Å². The van der Waals surface area contributed by atoms with Gasteiger partial charge in [-0.2, -0.15) is 0 Å². The molecule has 31 heavy (non-hydrogen) atoms. The van der Waals surface area contributed by atoms with Gasteiger partial charge >= 0.3 is 0 Å². The molecule has 0 amide bonds. The minimum atomic E-state index is -0.485. The molecule has 0 aliphatic heterocycles. The standard InChI is InChI=1S/C24H28N4O2S/c1-5-27(6-2)19-13-9-18(10-14-19)25-15-21-22(29)26-24(31)28(23(21)30)20-11-7-17(8-12-20)16(3)4/h7-16,30H,5-6H2,1-4H3,(H,26,29,31). The molecule has 0 fully saturated rings. The van der Waals surface area contributed by atoms with E-state index in [4.69, 9.17) is 12.2 Å². The molecule has 0 unspecified atom stereocenters. The van der Waals surface area contributed by atoms with E-state index in [9.17, 15) is 9.90 Å². The van der Waals surface area contributed by atoms with Crippen LogP contribution in [0.4, 0.5) is 11.4 Å². The minimum Gasteiger partial charge on any atom is -0.494 e. The average molecular weight is 437 g/mol. The molecule has 0 spiro atoms. The average Bonchev–Trinajstić information content (AvgIpc) is 2.75. The molecule has 6 nitrogen and oxygen atoms in total. The number of nitrogens with one attached hydrogen (secondary N) is 1. The maximum atomic E-state index is 12.4. The van der Waals surface area contributed by atoms with Crippen molar-refractivity contribution in [1.82, 2.24) is 9.55 Å². The Morgan fingerprint density at radius 2 is 1.71 bits per heavy atom. The summed E-state index contributed by atoms with van der Waals surface area (Å²) in [5.74, 6) is 0.150. The quantitative estimate of drug-likeness (QED) is 0.388. The molecule has 0 aliphatic carbocycles. The first kappa shape index (κ1) is 22.5. The first-order valence-corrected chi connectivity index (χ1v) is 10.8. The topological polar surface area (TPSA) is 73.6 Å². The second kappa shape index (κ2) is 9.75. The molecule has 1 heterocycles. The number of rotatable bonds is 7. The molecule has 3 rings (SSSR count). The summed E-state index contributed by atoms with van der Waals surface area (Å²) in [5, 5.41) is 10.8. The Hall–Kier alpha value is -3.19. The Kier molecular flexibility index (Phi) is 7.07. The zero-order chi connectivity index (χ0) is 22.5. The molecule has 0 atom stereocenters. The molecule has 2 aromatic carbocycles. The summed E-state index contributed by atoms with van der Waals surface area (Å²) in [6.07, 6.45) is 1.37. The van der Waals surface area contributed by atoms with Crippen LogP contribution in [0.3, 0.4) is 0 Å². The molecule has 3 aromatic rings. The van der Waals surface area contributed by atoms with Gasteiger partial charge in [-0.15, -0.1) is 0 Å². The molecule has 0 bridgehead atoms. The van der Waals surface area contributed by atoms with Crippen molar-refractivity contribution in [3.05, 3.63) is 74.8 Å². The summed E-state index contributed by atoms with van der Waals surface area (Å²) in [7, 11) is 0. The number of aromatic amines is 1. The first-order chi connectivity index (χ1) is 14.8. The summed E-state index contributed by atoms with van der Waals surface area (Å²) >= 11 is 5.29. The summed E-state index contributed by atoms with van der Waals surface area (Å²) in [4.78, 5) is 21.7. The Morgan fingerprint density at radius 3 is 2.26 bits per heavy atom. The summed E-state index contributed by atoms with van der Waals surface area (Å²) in [5.41, 5.74) is 3.21. The second-order valence-corrected chi connectivity index (χ2v) is 7.91. The molecule has 0 saturated carbocycles. The number of aromatic hydroxyl groups is 1. The molecule has 162 valence electrons. The SMILES string of the molecule is CCN(CC)c1ccc(N=Cc2c(O)n(-c3ccc(C(C)C)cc3)c(=S)[nH]c2=O)cc1. The van der Waals surface area contributed by atoms with E-state index in [1.165, 1.54) is 16.3 Å². The van der Waals surface area contributed by atoms with E-state index in [2.05, 4.69) is 42.6 Å². The fourth-order valence-electron chi connectivity index (χ4n) is 3.38. The van der Waals surface area contributed by atoms with Gasteiger partial charge in [0.15, 0.2) is 4.77 Å². The van der Waals surface area contributed by atoms with Crippen LogP contribution >= 0.6 is 12.2 Å². The van der Waals surface area contributed by atoms with E-state index in [0.29, 0.717) is 17.3 Å². The van der Waals surface area contributed by atoms with Crippen LogP contribution in [0.15, 0.2) is 58.3 Å².